The molecule has 1 aliphatic heterocycles. The van der Waals surface area contributed by atoms with E-state index in [0.717, 1.165) is 51.0 Å². The minimum Gasteiger partial charge on any atom is -0.340 e. The first-order chi connectivity index (χ1) is 14.1. The lowest BCUT2D eigenvalue weighted by Gasteiger charge is -2.27. The van der Waals surface area contributed by atoms with Gasteiger partial charge in [-0.2, -0.15) is 16.7 Å². The molecular weight excluding hydrogens is 386 g/mol. The zero-order chi connectivity index (χ0) is 20.1. The van der Waals surface area contributed by atoms with Crippen molar-refractivity contribution in [2.45, 2.75) is 44.7 Å². The lowest BCUT2D eigenvalue weighted by Crippen LogP contribution is -2.44. The zero-order valence-electron chi connectivity index (χ0n) is 16.9. The minimum atomic E-state index is -0.358. The van der Waals surface area contributed by atoms with E-state index in [-0.39, 0.29) is 18.0 Å². The number of hydrogen-bond acceptors (Lipinski definition) is 7. The summed E-state index contributed by atoms with van der Waals surface area (Å²) in [5, 5.41) is 10.6. The Bertz CT molecular complexity index is 828. The fourth-order valence-electron chi connectivity index (χ4n) is 4.17. The third-order valence-corrected chi connectivity index (χ3v) is 6.66. The molecule has 0 atom stereocenters. The van der Waals surface area contributed by atoms with Crippen LogP contribution in [0, 0.1) is 6.92 Å². The summed E-state index contributed by atoms with van der Waals surface area (Å²) in [6, 6.07) is 8.16. The summed E-state index contributed by atoms with van der Waals surface area (Å²) in [4.78, 5) is 19.5. The third-order valence-electron chi connectivity index (χ3n) is 5.72. The SMILES string of the molecule is Cc1nc(C2(NCC(=O)Nc3cccc(CN4CCSCC4)c3)CCCC2)no1. The van der Waals surface area contributed by atoms with Crippen molar-refractivity contribution in [1.82, 2.24) is 20.4 Å². The van der Waals surface area contributed by atoms with Crippen molar-refractivity contribution < 1.29 is 9.32 Å². The van der Waals surface area contributed by atoms with Gasteiger partial charge in [0.25, 0.3) is 0 Å². The van der Waals surface area contributed by atoms with Crippen molar-refractivity contribution in [2.24, 2.45) is 0 Å². The number of nitrogens with one attached hydrogen (secondary N) is 2. The molecule has 2 N–H and O–H groups in total. The van der Waals surface area contributed by atoms with Crippen LogP contribution in [0.25, 0.3) is 0 Å². The Labute approximate surface area is 176 Å². The molecule has 2 aliphatic rings. The van der Waals surface area contributed by atoms with Crippen LogP contribution in [-0.4, -0.2) is 52.1 Å². The Morgan fingerprint density at radius 2 is 2.07 bits per heavy atom. The topological polar surface area (TPSA) is 83.3 Å². The second-order valence-electron chi connectivity index (χ2n) is 7.92. The Kier molecular flexibility index (Phi) is 6.52. The number of hydrogen-bond donors (Lipinski definition) is 2. The van der Waals surface area contributed by atoms with E-state index >= 15 is 0 Å². The second-order valence-corrected chi connectivity index (χ2v) is 9.14. The number of benzene rings is 1. The van der Waals surface area contributed by atoms with E-state index in [4.69, 9.17) is 4.52 Å². The normalized spacial score (nSPS) is 19.3. The number of rotatable bonds is 7. The van der Waals surface area contributed by atoms with Crippen molar-refractivity contribution in [3.8, 4) is 0 Å². The van der Waals surface area contributed by atoms with Gasteiger partial charge in [0.05, 0.1) is 12.1 Å². The molecule has 2 heterocycles. The molecule has 1 aliphatic carbocycles. The van der Waals surface area contributed by atoms with Crippen LogP contribution >= 0.6 is 11.8 Å². The van der Waals surface area contributed by atoms with Gasteiger partial charge in [0.2, 0.25) is 11.8 Å². The molecular formula is C21H29N5O2S. The molecule has 1 amide bonds. The van der Waals surface area contributed by atoms with Gasteiger partial charge in [-0.25, -0.2) is 0 Å². The predicted octanol–water partition coefficient (Wildman–Crippen LogP) is 2.92. The maximum Gasteiger partial charge on any atom is 0.238 e. The van der Waals surface area contributed by atoms with Gasteiger partial charge >= 0.3 is 0 Å². The van der Waals surface area contributed by atoms with E-state index in [1.165, 1.54) is 17.1 Å². The molecule has 1 saturated heterocycles. The van der Waals surface area contributed by atoms with Crippen LogP contribution < -0.4 is 10.6 Å². The Balaban J connectivity index is 1.34. The highest BCUT2D eigenvalue weighted by Gasteiger charge is 2.39. The van der Waals surface area contributed by atoms with Crippen molar-refractivity contribution >= 4 is 23.4 Å². The molecule has 0 spiro atoms. The number of amides is 1. The molecule has 156 valence electrons. The fourth-order valence-corrected chi connectivity index (χ4v) is 5.15. The van der Waals surface area contributed by atoms with Crippen molar-refractivity contribution in [1.29, 1.82) is 0 Å². The smallest absolute Gasteiger partial charge is 0.238 e. The largest absolute Gasteiger partial charge is 0.340 e. The molecule has 0 radical (unpaired) electrons. The van der Waals surface area contributed by atoms with E-state index in [9.17, 15) is 4.79 Å². The van der Waals surface area contributed by atoms with Crippen LogP contribution in [0.5, 0.6) is 0 Å². The standard InChI is InChI=1S/C21H29N5O2S/c1-16-23-20(25-28-16)21(7-2-3-8-21)22-14-19(27)24-18-6-4-5-17(13-18)15-26-9-11-29-12-10-26/h4-6,13,22H,2-3,7-12,14-15H2,1H3,(H,24,27). The molecule has 1 aromatic heterocycles. The van der Waals surface area contributed by atoms with Gasteiger partial charge in [0.1, 0.15) is 0 Å². The summed E-state index contributed by atoms with van der Waals surface area (Å²) in [7, 11) is 0. The van der Waals surface area contributed by atoms with Crippen LogP contribution in [0.1, 0.15) is 43.0 Å². The van der Waals surface area contributed by atoms with Crippen molar-refractivity contribution in [3.63, 3.8) is 0 Å². The molecule has 2 aromatic rings. The summed E-state index contributed by atoms with van der Waals surface area (Å²) >= 11 is 2.02. The molecule has 1 saturated carbocycles. The average Bonchev–Trinajstić information content (AvgIpc) is 3.37. The zero-order valence-corrected chi connectivity index (χ0v) is 17.8. The summed E-state index contributed by atoms with van der Waals surface area (Å²) < 4.78 is 5.17. The molecule has 1 aromatic carbocycles. The quantitative estimate of drug-likeness (QED) is 0.719. The number of anilines is 1. The first-order valence-corrected chi connectivity index (χ1v) is 11.5. The molecule has 0 unspecified atom stereocenters. The van der Waals surface area contributed by atoms with E-state index < -0.39 is 0 Å². The predicted molar refractivity (Wildman–Crippen MR) is 115 cm³/mol. The van der Waals surface area contributed by atoms with Crippen LogP contribution in [0.2, 0.25) is 0 Å². The average molecular weight is 416 g/mol. The number of thioether (sulfide) groups is 1. The van der Waals surface area contributed by atoms with Crippen molar-refractivity contribution in [3.05, 3.63) is 41.5 Å². The van der Waals surface area contributed by atoms with E-state index in [1.54, 1.807) is 6.92 Å². The number of carbonyl (C=O) groups is 1. The highest BCUT2D eigenvalue weighted by Crippen LogP contribution is 2.37. The van der Waals surface area contributed by atoms with Crippen molar-refractivity contribution in [2.75, 3.05) is 36.5 Å². The van der Waals surface area contributed by atoms with Gasteiger partial charge in [0, 0.05) is 43.8 Å². The third kappa shape index (κ3) is 5.18. The Morgan fingerprint density at radius 1 is 1.28 bits per heavy atom. The number of aryl methyl sites for hydroxylation is 1. The van der Waals surface area contributed by atoms with Gasteiger partial charge in [-0.15, -0.1) is 0 Å². The van der Waals surface area contributed by atoms with Gasteiger partial charge in [0.15, 0.2) is 5.82 Å². The number of aromatic nitrogens is 2. The highest BCUT2D eigenvalue weighted by atomic mass is 32.2. The van der Waals surface area contributed by atoms with Gasteiger partial charge < -0.3 is 9.84 Å². The molecule has 0 bridgehead atoms. The van der Waals surface area contributed by atoms with Crippen LogP contribution in [0.3, 0.4) is 0 Å². The maximum absolute atomic E-state index is 12.6. The molecule has 29 heavy (non-hydrogen) atoms. The first kappa shape index (κ1) is 20.4. The van der Waals surface area contributed by atoms with Gasteiger partial charge in [-0.1, -0.05) is 30.1 Å². The summed E-state index contributed by atoms with van der Waals surface area (Å²) in [6.07, 6.45) is 4.03. The molecule has 2 fully saturated rings. The summed E-state index contributed by atoms with van der Waals surface area (Å²) in [6.45, 7) is 5.21. The van der Waals surface area contributed by atoms with Crippen LogP contribution in [0.4, 0.5) is 5.69 Å². The Morgan fingerprint density at radius 3 is 2.79 bits per heavy atom. The second kappa shape index (κ2) is 9.28. The Hall–Kier alpha value is -1.90. The van der Waals surface area contributed by atoms with Crippen LogP contribution in [-0.2, 0) is 16.9 Å². The lowest BCUT2D eigenvalue weighted by molar-refractivity contribution is -0.115. The van der Waals surface area contributed by atoms with E-state index in [2.05, 4.69) is 37.8 Å². The van der Waals surface area contributed by atoms with E-state index in [1.807, 2.05) is 23.9 Å². The fraction of sp³-hybridized carbons (Fsp3) is 0.571. The van der Waals surface area contributed by atoms with Gasteiger partial charge in [-0.05, 0) is 30.5 Å². The first-order valence-electron chi connectivity index (χ1n) is 10.4. The van der Waals surface area contributed by atoms with Crippen LogP contribution in [0.15, 0.2) is 28.8 Å². The number of nitrogens with zero attached hydrogens (tertiary/aromatic N) is 3. The minimum absolute atomic E-state index is 0.0528. The lowest BCUT2D eigenvalue weighted by atomic mass is 9.96. The molecule has 7 nitrogen and oxygen atoms in total. The van der Waals surface area contributed by atoms with Gasteiger partial charge in [-0.3, -0.25) is 15.0 Å². The molecule has 8 heteroatoms. The summed E-state index contributed by atoms with van der Waals surface area (Å²) in [5.74, 6) is 3.57. The number of carbonyl (C=O) groups excluding carboxylic acids is 1. The van der Waals surface area contributed by atoms with E-state index in [0.29, 0.717) is 11.7 Å². The highest BCUT2D eigenvalue weighted by molar-refractivity contribution is 7.99. The molecule has 4 rings (SSSR count). The summed E-state index contributed by atoms with van der Waals surface area (Å²) in [5.41, 5.74) is 1.72. The monoisotopic (exact) mass is 415 g/mol. The maximum atomic E-state index is 12.6.